The molecule has 0 aliphatic carbocycles. The van der Waals surface area contributed by atoms with Crippen molar-refractivity contribution in [2.75, 3.05) is 20.2 Å². The van der Waals surface area contributed by atoms with Crippen LogP contribution in [0.2, 0.25) is 0 Å². The van der Waals surface area contributed by atoms with Crippen LogP contribution in [0.3, 0.4) is 0 Å². The van der Waals surface area contributed by atoms with Crippen molar-refractivity contribution < 1.29 is 9.13 Å². The number of pyridine rings is 1. The molecule has 1 aromatic carbocycles. The van der Waals surface area contributed by atoms with Gasteiger partial charge in [-0.25, -0.2) is 9.37 Å². The summed E-state index contributed by atoms with van der Waals surface area (Å²) in [6.45, 7) is 4.03. The Morgan fingerprint density at radius 3 is 2.88 bits per heavy atom. The molecule has 1 aliphatic rings. The van der Waals surface area contributed by atoms with E-state index in [1.165, 1.54) is 17.7 Å². The van der Waals surface area contributed by atoms with Gasteiger partial charge in [0.1, 0.15) is 17.2 Å². The van der Waals surface area contributed by atoms with Gasteiger partial charge in [0.05, 0.1) is 7.11 Å². The van der Waals surface area contributed by atoms with Crippen LogP contribution in [-0.4, -0.2) is 30.2 Å². The third kappa shape index (κ3) is 2.81. The number of H-pyrrole nitrogens is 1. The molecule has 1 atom stereocenters. The minimum atomic E-state index is -0.286. The van der Waals surface area contributed by atoms with Crippen LogP contribution in [-0.2, 0) is 0 Å². The Kier molecular flexibility index (Phi) is 4.01. The number of aromatic amines is 1. The number of hydrogen-bond donors (Lipinski definition) is 2. The molecule has 0 unspecified atom stereocenters. The molecule has 0 bridgehead atoms. The molecule has 0 amide bonds. The number of rotatable bonds is 3. The van der Waals surface area contributed by atoms with Crippen LogP contribution in [0.4, 0.5) is 4.39 Å². The van der Waals surface area contributed by atoms with E-state index in [1.807, 2.05) is 6.07 Å². The lowest BCUT2D eigenvalue weighted by Gasteiger charge is -2.20. The average molecular weight is 337 g/mol. The van der Waals surface area contributed by atoms with Crippen molar-refractivity contribution >= 4 is 16.6 Å². The van der Waals surface area contributed by atoms with Crippen LogP contribution in [0.1, 0.15) is 12.6 Å². The summed E-state index contributed by atoms with van der Waals surface area (Å²) in [5.74, 6) is 0.784. The van der Waals surface area contributed by atoms with E-state index in [2.05, 4.69) is 34.4 Å². The van der Waals surface area contributed by atoms with Crippen LogP contribution in [0.25, 0.3) is 27.7 Å². The Morgan fingerprint density at radius 1 is 1.20 bits per heavy atom. The summed E-state index contributed by atoms with van der Waals surface area (Å²) in [5.41, 5.74) is 4.79. The summed E-state index contributed by atoms with van der Waals surface area (Å²) in [5, 5.41) is 4.33. The number of nitrogens with zero attached hydrogens (tertiary/aromatic N) is 1. The average Bonchev–Trinajstić information content (AvgIpc) is 3.06. The fourth-order valence-electron chi connectivity index (χ4n) is 3.48. The zero-order valence-electron chi connectivity index (χ0n) is 14.3. The Morgan fingerprint density at radius 2 is 2.08 bits per heavy atom. The first-order valence-corrected chi connectivity index (χ1v) is 8.40. The first kappa shape index (κ1) is 15.8. The van der Waals surface area contributed by atoms with Gasteiger partial charge in [0.2, 0.25) is 0 Å². The van der Waals surface area contributed by atoms with E-state index in [0.717, 1.165) is 40.9 Å². The lowest BCUT2D eigenvalue weighted by atomic mass is 9.94. The number of fused-ring (bicyclic) bond motifs is 1. The van der Waals surface area contributed by atoms with E-state index in [-0.39, 0.29) is 5.82 Å². The molecule has 4 nitrogen and oxygen atoms in total. The number of aromatic nitrogens is 2. The second kappa shape index (κ2) is 6.33. The quantitative estimate of drug-likeness (QED) is 0.759. The highest BCUT2D eigenvalue weighted by atomic mass is 19.1. The van der Waals surface area contributed by atoms with Crippen molar-refractivity contribution in [3.8, 4) is 16.9 Å². The van der Waals surface area contributed by atoms with Gasteiger partial charge in [0.15, 0.2) is 0 Å². The number of ether oxygens (including phenoxy) is 1. The first-order chi connectivity index (χ1) is 12.2. The third-order valence-electron chi connectivity index (χ3n) is 4.74. The SMILES string of the molecule is COc1ccc(F)cc1-c1ccnc2[nH]c(C3=CCNC[C@@H]3C)cc12. The molecule has 0 spiro atoms. The molecule has 0 fully saturated rings. The highest BCUT2D eigenvalue weighted by Gasteiger charge is 2.18. The van der Waals surface area contributed by atoms with Crippen molar-refractivity contribution in [2.45, 2.75) is 6.92 Å². The van der Waals surface area contributed by atoms with Crippen molar-refractivity contribution in [2.24, 2.45) is 5.92 Å². The van der Waals surface area contributed by atoms with Gasteiger partial charge in [-0.2, -0.15) is 0 Å². The summed E-state index contributed by atoms with van der Waals surface area (Å²) in [6.07, 6.45) is 3.95. The molecule has 0 saturated carbocycles. The lowest BCUT2D eigenvalue weighted by molar-refractivity contribution is 0.415. The van der Waals surface area contributed by atoms with Gasteiger partial charge in [0, 0.05) is 35.9 Å². The lowest BCUT2D eigenvalue weighted by Crippen LogP contribution is -2.27. The maximum Gasteiger partial charge on any atom is 0.138 e. The first-order valence-electron chi connectivity index (χ1n) is 8.40. The van der Waals surface area contributed by atoms with Gasteiger partial charge in [-0.15, -0.1) is 0 Å². The van der Waals surface area contributed by atoms with Crippen molar-refractivity contribution in [3.05, 3.63) is 54.1 Å². The molecule has 4 rings (SSSR count). The predicted molar refractivity (Wildman–Crippen MR) is 98.1 cm³/mol. The number of halogens is 1. The van der Waals surface area contributed by atoms with Crippen molar-refractivity contribution in [3.63, 3.8) is 0 Å². The molecule has 2 N–H and O–H groups in total. The standard InChI is InChI=1S/C20H20FN3O/c1-12-11-22-7-5-14(12)18-10-17-15(6-8-23-20(17)24-18)16-9-13(21)3-4-19(16)25-2/h3-6,8-10,12,22H,7,11H2,1-2H3,(H,23,24)/t12-/m0/s1. The summed E-state index contributed by atoms with van der Waals surface area (Å²) < 4.78 is 19.2. The van der Waals surface area contributed by atoms with Crippen LogP contribution >= 0.6 is 0 Å². The van der Waals surface area contributed by atoms with Crippen LogP contribution < -0.4 is 10.1 Å². The minimum absolute atomic E-state index is 0.286. The molecular formula is C20H20FN3O. The highest BCUT2D eigenvalue weighted by Crippen LogP contribution is 2.36. The van der Waals surface area contributed by atoms with Gasteiger partial charge in [-0.3, -0.25) is 0 Å². The Balaban J connectivity index is 1.89. The van der Waals surface area contributed by atoms with Crippen molar-refractivity contribution in [1.82, 2.24) is 15.3 Å². The summed E-state index contributed by atoms with van der Waals surface area (Å²) >= 11 is 0. The Hall–Kier alpha value is -2.66. The maximum absolute atomic E-state index is 13.8. The summed E-state index contributed by atoms with van der Waals surface area (Å²) in [7, 11) is 1.60. The predicted octanol–water partition coefficient (Wildman–Crippen LogP) is 4.00. The largest absolute Gasteiger partial charge is 0.496 e. The van der Waals surface area contributed by atoms with Gasteiger partial charge in [-0.1, -0.05) is 13.0 Å². The van der Waals surface area contributed by atoms with Crippen LogP contribution in [0, 0.1) is 11.7 Å². The monoisotopic (exact) mass is 337 g/mol. The molecule has 0 saturated heterocycles. The fourth-order valence-corrected chi connectivity index (χ4v) is 3.48. The molecule has 2 aromatic heterocycles. The fraction of sp³-hybridized carbons (Fsp3) is 0.250. The molecule has 3 aromatic rings. The zero-order valence-corrected chi connectivity index (χ0v) is 14.3. The molecular weight excluding hydrogens is 317 g/mol. The molecule has 5 heteroatoms. The van der Waals surface area contributed by atoms with Crippen LogP contribution in [0.5, 0.6) is 5.75 Å². The second-order valence-electron chi connectivity index (χ2n) is 6.37. The number of methoxy groups -OCH3 is 1. The van der Waals surface area contributed by atoms with E-state index in [9.17, 15) is 4.39 Å². The van der Waals surface area contributed by atoms with Gasteiger partial charge < -0.3 is 15.0 Å². The van der Waals surface area contributed by atoms with E-state index in [1.54, 1.807) is 19.4 Å². The van der Waals surface area contributed by atoms with Gasteiger partial charge in [-0.05, 0) is 47.4 Å². The Labute approximate surface area is 145 Å². The van der Waals surface area contributed by atoms with Gasteiger partial charge in [0.25, 0.3) is 0 Å². The van der Waals surface area contributed by atoms with Crippen LogP contribution in [0.15, 0.2) is 42.6 Å². The number of hydrogen-bond acceptors (Lipinski definition) is 3. The zero-order chi connectivity index (χ0) is 17.4. The highest BCUT2D eigenvalue weighted by molar-refractivity contribution is 5.96. The maximum atomic E-state index is 13.8. The molecule has 3 heterocycles. The molecule has 1 aliphatic heterocycles. The minimum Gasteiger partial charge on any atom is -0.496 e. The van der Waals surface area contributed by atoms with E-state index >= 15 is 0 Å². The smallest absolute Gasteiger partial charge is 0.138 e. The molecule has 25 heavy (non-hydrogen) atoms. The Bertz CT molecular complexity index is 961. The molecule has 0 radical (unpaired) electrons. The topological polar surface area (TPSA) is 49.9 Å². The second-order valence-corrected chi connectivity index (χ2v) is 6.37. The number of nitrogens with one attached hydrogen (secondary N) is 2. The van der Waals surface area contributed by atoms with Gasteiger partial charge >= 0.3 is 0 Å². The van der Waals surface area contributed by atoms with E-state index in [4.69, 9.17) is 4.74 Å². The van der Waals surface area contributed by atoms with E-state index < -0.39 is 0 Å². The summed E-state index contributed by atoms with van der Waals surface area (Å²) in [6, 6.07) is 8.58. The van der Waals surface area contributed by atoms with Crippen molar-refractivity contribution in [1.29, 1.82) is 0 Å². The third-order valence-corrected chi connectivity index (χ3v) is 4.74. The van der Waals surface area contributed by atoms with E-state index in [0.29, 0.717) is 11.7 Å². The summed E-state index contributed by atoms with van der Waals surface area (Å²) in [4.78, 5) is 7.87. The molecule has 128 valence electrons. The number of benzene rings is 1. The normalized spacial score (nSPS) is 17.6.